The number of piperazine rings is 1. The van der Waals surface area contributed by atoms with Crippen molar-refractivity contribution in [3.63, 3.8) is 0 Å². The fourth-order valence-electron chi connectivity index (χ4n) is 2.85. The van der Waals surface area contributed by atoms with E-state index in [1.54, 1.807) is 4.90 Å². The van der Waals surface area contributed by atoms with Crippen LogP contribution in [0.25, 0.3) is 0 Å². The number of rotatable bonds is 3. The van der Waals surface area contributed by atoms with Crippen LogP contribution >= 0.6 is 12.4 Å². The third-order valence-electron chi connectivity index (χ3n) is 3.71. The maximum Gasteiger partial charge on any atom is 0.239 e. The molecule has 3 N–H and O–H groups in total. The van der Waals surface area contributed by atoms with E-state index in [2.05, 4.69) is 5.32 Å². The molecular formula is C12H22ClN3O2. The monoisotopic (exact) mass is 275 g/mol. The molecule has 2 unspecified atom stereocenters. The van der Waals surface area contributed by atoms with Crippen LogP contribution in [-0.2, 0) is 9.59 Å². The van der Waals surface area contributed by atoms with E-state index in [9.17, 15) is 9.59 Å². The van der Waals surface area contributed by atoms with E-state index < -0.39 is 0 Å². The molecule has 2 rings (SSSR count). The lowest BCUT2D eigenvalue weighted by Crippen LogP contribution is -2.62. The maximum atomic E-state index is 12.0. The summed E-state index contributed by atoms with van der Waals surface area (Å²) in [6.45, 7) is 0.754. The Morgan fingerprint density at radius 1 is 1.39 bits per heavy atom. The first-order valence-electron chi connectivity index (χ1n) is 6.51. The zero-order valence-corrected chi connectivity index (χ0v) is 11.4. The summed E-state index contributed by atoms with van der Waals surface area (Å²) in [4.78, 5) is 25.4. The molecule has 1 heterocycles. The third-order valence-corrected chi connectivity index (χ3v) is 3.71. The van der Waals surface area contributed by atoms with Gasteiger partial charge in [-0.05, 0) is 25.8 Å². The van der Waals surface area contributed by atoms with Crippen molar-refractivity contribution < 1.29 is 9.59 Å². The van der Waals surface area contributed by atoms with Gasteiger partial charge in [0.2, 0.25) is 11.8 Å². The first kappa shape index (κ1) is 15.2. The number of amides is 2. The molecule has 0 bridgehead atoms. The van der Waals surface area contributed by atoms with E-state index in [1.807, 2.05) is 0 Å². The Kier molecular flexibility index (Phi) is 5.88. The van der Waals surface area contributed by atoms with E-state index in [4.69, 9.17) is 5.73 Å². The molecule has 0 aromatic rings. The summed E-state index contributed by atoms with van der Waals surface area (Å²) in [5.74, 6) is 0.0662. The number of hydrogen-bond donors (Lipinski definition) is 2. The summed E-state index contributed by atoms with van der Waals surface area (Å²) >= 11 is 0. The molecule has 0 aromatic carbocycles. The molecule has 0 aromatic heterocycles. The van der Waals surface area contributed by atoms with Gasteiger partial charge >= 0.3 is 0 Å². The smallest absolute Gasteiger partial charge is 0.239 e. The van der Waals surface area contributed by atoms with Gasteiger partial charge in [0.25, 0.3) is 0 Å². The fraction of sp³-hybridized carbons (Fsp3) is 0.833. The first-order chi connectivity index (χ1) is 8.22. The summed E-state index contributed by atoms with van der Waals surface area (Å²) in [5, 5.41) is 3.00. The normalized spacial score (nSPS) is 26.9. The Balaban J connectivity index is 0.00000162. The molecule has 2 atom stereocenters. The highest BCUT2D eigenvalue weighted by molar-refractivity contribution is 5.86. The van der Waals surface area contributed by atoms with E-state index in [-0.39, 0.29) is 42.8 Å². The minimum Gasteiger partial charge on any atom is -0.350 e. The van der Waals surface area contributed by atoms with Crippen LogP contribution in [0, 0.1) is 0 Å². The zero-order chi connectivity index (χ0) is 12.3. The van der Waals surface area contributed by atoms with Gasteiger partial charge in [-0.1, -0.05) is 12.8 Å². The van der Waals surface area contributed by atoms with Crippen molar-refractivity contribution in [3.8, 4) is 0 Å². The predicted molar refractivity (Wildman–Crippen MR) is 71.4 cm³/mol. The molecule has 2 aliphatic rings. The third kappa shape index (κ3) is 3.36. The van der Waals surface area contributed by atoms with Gasteiger partial charge in [0.1, 0.15) is 0 Å². The predicted octanol–water partition coefficient (Wildman–Crippen LogP) is 0.417. The Hall–Kier alpha value is -0.810. The van der Waals surface area contributed by atoms with Crippen LogP contribution in [-0.4, -0.2) is 41.9 Å². The largest absolute Gasteiger partial charge is 0.350 e. The van der Waals surface area contributed by atoms with Gasteiger partial charge in [-0.2, -0.15) is 0 Å². The summed E-state index contributed by atoms with van der Waals surface area (Å²) < 4.78 is 0. The van der Waals surface area contributed by atoms with Crippen molar-refractivity contribution in [3.05, 3.63) is 0 Å². The zero-order valence-electron chi connectivity index (χ0n) is 10.6. The van der Waals surface area contributed by atoms with E-state index in [0.29, 0.717) is 19.4 Å². The van der Waals surface area contributed by atoms with Crippen molar-refractivity contribution in [1.29, 1.82) is 0 Å². The van der Waals surface area contributed by atoms with Gasteiger partial charge in [0.05, 0.1) is 12.6 Å². The van der Waals surface area contributed by atoms with Crippen molar-refractivity contribution >= 4 is 24.2 Å². The molecule has 0 spiro atoms. The molecule has 1 saturated heterocycles. The minimum absolute atomic E-state index is 0. The minimum atomic E-state index is -0.0192. The Bertz CT molecular complexity index is 312. The van der Waals surface area contributed by atoms with Crippen LogP contribution in [0.2, 0.25) is 0 Å². The number of carbonyl (C=O) groups excluding carboxylic acids is 2. The highest BCUT2D eigenvalue weighted by Crippen LogP contribution is 2.26. The topological polar surface area (TPSA) is 75.4 Å². The number of nitrogens with two attached hydrogens (primary N) is 1. The van der Waals surface area contributed by atoms with Crippen molar-refractivity contribution in [2.45, 2.75) is 50.6 Å². The van der Waals surface area contributed by atoms with Crippen LogP contribution in [0.1, 0.15) is 38.5 Å². The fourth-order valence-corrected chi connectivity index (χ4v) is 2.85. The summed E-state index contributed by atoms with van der Waals surface area (Å²) in [5.41, 5.74) is 5.42. The molecule has 2 fully saturated rings. The second-order valence-electron chi connectivity index (χ2n) is 4.94. The number of hydrogen-bond acceptors (Lipinski definition) is 3. The highest BCUT2D eigenvalue weighted by Gasteiger charge is 2.38. The highest BCUT2D eigenvalue weighted by atomic mass is 35.5. The van der Waals surface area contributed by atoms with Crippen molar-refractivity contribution in [2.75, 3.05) is 13.1 Å². The first-order valence-corrected chi connectivity index (χ1v) is 6.51. The molecule has 104 valence electrons. The molecule has 18 heavy (non-hydrogen) atoms. The van der Waals surface area contributed by atoms with Gasteiger partial charge in [-0.3, -0.25) is 9.59 Å². The van der Waals surface area contributed by atoms with Crippen LogP contribution in [0.3, 0.4) is 0 Å². The Morgan fingerprint density at radius 3 is 2.83 bits per heavy atom. The molecule has 1 saturated carbocycles. The quantitative estimate of drug-likeness (QED) is 0.784. The lowest BCUT2D eigenvalue weighted by Gasteiger charge is -2.44. The number of carbonyl (C=O) groups is 2. The maximum absolute atomic E-state index is 12.0. The van der Waals surface area contributed by atoms with Crippen LogP contribution in [0.5, 0.6) is 0 Å². The van der Waals surface area contributed by atoms with Crippen LogP contribution in [0.4, 0.5) is 0 Å². The molecule has 6 heteroatoms. The number of nitrogens with one attached hydrogen (secondary N) is 1. The molecule has 0 radical (unpaired) electrons. The van der Waals surface area contributed by atoms with E-state index in [1.165, 1.54) is 0 Å². The second-order valence-corrected chi connectivity index (χ2v) is 4.94. The van der Waals surface area contributed by atoms with Crippen LogP contribution < -0.4 is 11.1 Å². The van der Waals surface area contributed by atoms with Gasteiger partial charge in [0.15, 0.2) is 0 Å². The van der Waals surface area contributed by atoms with Gasteiger partial charge in [0, 0.05) is 12.5 Å². The molecule has 2 amide bonds. The summed E-state index contributed by atoms with van der Waals surface area (Å²) in [6, 6.07) is 0.388. The van der Waals surface area contributed by atoms with Crippen LogP contribution in [0.15, 0.2) is 0 Å². The molecule has 1 aliphatic heterocycles. The summed E-state index contributed by atoms with van der Waals surface area (Å²) in [6.07, 6.45) is 5.47. The van der Waals surface area contributed by atoms with Crippen molar-refractivity contribution in [1.82, 2.24) is 10.2 Å². The average molecular weight is 276 g/mol. The molecular weight excluding hydrogens is 254 g/mol. The van der Waals surface area contributed by atoms with Gasteiger partial charge in [-0.15, -0.1) is 12.4 Å². The summed E-state index contributed by atoms with van der Waals surface area (Å²) in [7, 11) is 0. The standard InChI is InChI=1S/C12H21N3O2.ClH/c13-7-3-6-12(17)15-8-11(16)14-9-4-1-2-5-10(9)15;/h9-10H,1-8,13H2,(H,14,16);1H. The van der Waals surface area contributed by atoms with Gasteiger partial charge in [-0.25, -0.2) is 0 Å². The lowest BCUT2D eigenvalue weighted by molar-refractivity contribution is -0.144. The van der Waals surface area contributed by atoms with E-state index in [0.717, 1.165) is 25.7 Å². The second kappa shape index (κ2) is 6.95. The Labute approximate surface area is 114 Å². The van der Waals surface area contributed by atoms with E-state index >= 15 is 0 Å². The van der Waals surface area contributed by atoms with Gasteiger partial charge < -0.3 is 16.0 Å². The molecule has 1 aliphatic carbocycles. The average Bonchev–Trinajstić information content (AvgIpc) is 2.34. The molecule has 5 nitrogen and oxygen atoms in total. The number of halogens is 1. The lowest BCUT2D eigenvalue weighted by atomic mass is 9.87. The van der Waals surface area contributed by atoms with Crippen molar-refractivity contribution in [2.24, 2.45) is 5.73 Å². The number of nitrogens with zero attached hydrogens (tertiary/aromatic N) is 1. The Morgan fingerprint density at radius 2 is 2.11 bits per heavy atom. The number of fused-ring (bicyclic) bond motifs is 1. The SMILES string of the molecule is Cl.NCCCC(=O)N1CC(=O)NC2CCCCC21.